The van der Waals surface area contributed by atoms with Gasteiger partial charge in [0, 0.05) is 17.2 Å². The standard InChI is InChI=1S/C22H4F6N6/c1-32-19-13(20(33-2)34-3)5-12-16(19)18(22(26,27)28)11-4-10(9(6-29)7-30)14(8-31)15(11)17(12)21(23,24)25/h4-5H2. The molecule has 12 heteroatoms. The number of nitrogens with zero attached hydrogens (tertiary/aromatic N) is 6. The van der Waals surface area contributed by atoms with Crippen LogP contribution in [0.5, 0.6) is 0 Å². The van der Waals surface area contributed by atoms with Crippen molar-refractivity contribution in [3.63, 3.8) is 0 Å². The first-order valence-electron chi connectivity index (χ1n) is 8.81. The largest absolute Gasteiger partial charge is 0.512 e. The van der Waals surface area contributed by atoms with E-state index >= 15 is 0 Å². The second-order valence-electron chi connectivity index (χ2n) is 6.86. The average molecular weight is 466 g/mol. The molecule has 0 saturated heterocycles. The van der Waals surface area contributed by atoms with Crippen LogP contribution in [0.25, 0.3) is 25.8 Å². The molecule has 0 aliphatic heterocycles. The second kappa shape index (κ2) is 7.83. The molecule has 0 N–H and O–H groups in total. The summed E-state index contributed by atoms with van der Waals surface area (Å²) in [6, 6.07) is 4.16. The molecule has 0 radical (unpaired) electrons. The zero-order valence-electron chi connectivity index (χ0n) is 16.4. The molecule has 0 saturated carbocycles. The van der Waals surface area contributed by atoms with Gasteiger partial charge in [-0.15, -0.1) is 0 Å². The number of alkyl halides is 6. The van der Waals surface area contributed by atoms with E-state index < -0.39 is 91.7 Å². The average Bonchev–Trinajstić information content (AvgIpc) is 3.30. The number of allylic oxidation sites excluding steroid dienone is 2. The van der Waals surface area contributed by atoms with Crippen LogP contribution in [-0.2, 0) is 25.2 Å². The lowest BCUT2D eigenvalue weighted by atomic mass is 9.92. The van der Waals surface area contributed by atoms with Crippen LogP contribution in [0.15, 0.2) is 22.5 Å². The van der Waals surface area contributed by atoms with Crippen molar-refractivity contribution in [2.75, 3.05) is 0 Å². The summed E-state index contributed by atoms with van der Waals surface area (Å²) in [5, 5.41) is 25.6. The Balaban J connectivity index is 2.83. The first-order chi connectivity index (χ1) is 15.9. The summed E-state index contributed by atoms with van der Waals surface area (Å²) in [7, 11) is 0. The van der Waals surface area contributed by atoms with Crippen molar-refractivity contribution < 1.29 is 26.3 Å². The molecule has 0 bridgehead atoms. The molecule has 0 amide bonds. The van der Waals surface area contributed by atoms with Crippen molar-refractivity contribution in [2.45, 2.75) is 25.2 Å². The third-order valence-corrected chi connectivity index (χ3v) is 5.29. The molecule has 0 heterocycles. The van der Waals surface area contributed by atoms with Crippen molar-refractivity contribution in [1.29, 1.82) is 15.8 Å². The Bertz CT molecular complexity index is 1470. The molecule has 1 aromatic rings. The predicted octanol–water partition coefficient (Wildman–Crippen LogP) is 3.93. The Morgan fingerprint density at radius 2 is 1.24 bits per heavy atom. The van der Waals surface area contributed by atoms with E-state index in [2.05, 4.69) is 14.5 Å². The first-order valence-corrected chi connectivity index (χ1v) is 8.81. The van der Waals surface area contributed by atoms with Crippen LogP contribution in [0, 0.1) is 53.7 Å². The highest BCUT2D eigenvalue weighted by Gasteiger charge is 2.48. The molecular weight excluding hydrogens is 462 g/mol. The highest BCUT2D eigenvalue weighted by atomic mass is 19.4. The fourth-order valence-electron chi connectivity index (χ4n) is 4.16. The van der Waals surface area contributed by atoms with Crippen molar-refractivity contribution in [3.05, 3.63) is 89.5 Å². The topological polar surface area (TPSA) is 84.5 Å². The van der Waals surface area contributed by atoms with Gasteiger partial charge in [-0.25, -0.2) is 4.85 Å². The smallest absolute Gasteiger partial charge is 0.238 e. The van der Waals surface area contributed by atoms with Gasteiger partial charge in [0.05, 0.1) is 28.8 Å². The Morgan fingerprint density at radius 1 is 0.765 bits per heavy atom. The lowest BCUT2D eigenvalue weighted by Gasteiger charge is -2.19. The van der Waals surface area contributed by atoms with Crippen LogP contribution in [0.3, 0.4) is 0 Å². The van der Waals surface area contributed by atoms with E-state index in [1.165, 1.54) is 18.2 Å². The maximum absolute atomic E-state index is 14.3. The third kappa shape index (κ3) is 3.23. The summed E-state index contributed by atoms with van der Waals surface area (Å²) < 4.78 is 85.7. The molecule has 0 atom stereocenters. The van der Waals surface area contributed by atoms with Gasteiger partial charge in [-0.3, -0.25) is 0 Å². The van der Waals surface area contributed by atoms with E-state index in [0.29, 0.717) is 0 Å². The maximum atomic E-state index is 14.3. The molecule has 164 valence electrons. The van der Waals surface area contributed by atoms with Crippen LogP contribution < -0.4 is 10.4 Å². The minimum atomic E-state index is -5.31. The molecule has 0 fully saturated rings. The van der Waals surface area contributed by atoms with Gasteiger partial charge in [-0.05, 0) is 22.8 Å². The lowest BCUT2D eigenvalue weighted by molar-refractivity contribution is -0.143. The normalized spacial score (nSPS) is 14.1. The van der Waals surface area contributed by atoms with Gasteiger partial charge in [0.2, 0.25) is 0 Å². The highest BCUT2D eigenvalue weighted by Crippen LogP contribution is 2.42. The quantitative estimate of drug-likeness (QED) is 0.330. The number of rotatable bonds is 0. The van der Waals surface area contributed by atoms with E-state index in [0.717, 1.165) is 0 Å². The summed E-state index contributed by atoms with van der Waals surface area (Å²) in [6.45, 7) is 21.4. The van der Waals surface area contributed by atoms with Crippen molar-refractivity contribution in [3.8, 4) is 18.2 Å². The number of hydrogen-bond donors (Lipinski definition) is 0. The molecule has 6 nitrogen and oxygen atoms in total. The van der Waals surface area contributed by atoms with Gasteiger partial charge >= 0.3 is 18.2 Å². The Kier molecular flexibility index (Phi) is 5.44. The predicted molar refractivity (Wildman–Crippen MR) is 101 cm³/mol. The minimum absolute atomic E-state index is 0.571. The molecular formula is C22H4F6N6. The molecule has 0 spiro atoms. The van der Waals surface area contributed by atoms with E-state index in [9.17, 15) is 31.6 Å². The molecule has 2 aliphatic rings. The maximum Gasteiger partial charge on any atom is 0.512 e. The zero-order valence-corrected chi connectivity index (χ0v) is 16.4. The number of fused-ring (bicyclic) bond motifs is 2. The van der Waals surface area contributed by atoms with Crippen molar-refractivity contribution in [2.24, 2.45) is 0 Å². The first kappa shape index (κ1) is 23.6. The van der Waals surface area contributed by atoms with Gasteiger partial charge < -0.3 is 0 Å². The van der Waals surface area contributed by atoms with Crippen LogP contribution in [0.1, 0.15) is 22.3 Å². The molecule has 3 rings (SSSR count). The van der Waals surface area contributed by atoms with Gasteiger partial charge in [0.25, 0.3) is 0 Å². The highest BCUT2D eigenvalue weighted by molar-refractivity contribution is 5.87. The van der Waals surface area contributed by atoms with Crippen molar-refractivity contribution in [1.82, 2.24) is 0 Å². The summed E-state index contributed by atoms with van der Waals surface area (Å²) >= 11 is 0. The van der Waals surface area contributed by atoms with Gasteiger partial charge in [-0.2, -0.15) is 51.8 Å². The molecule has 1 aromatic carbocycles. The summed E-state index contributed by atoms with van der Waals surface area (Å²) in [4.78, 5) is 8.61. The molecule has 0 aromatic heterocycles. The summed E-state index contributed by atoms with van der Waals surface area (Å²) in [5.41, 5.74) is -9.01. The van der Waals surface area contributed by atoms with Crippen molar-refractivity contribution >= 4 is 11.3 Å². The van der Waals surface area contributed by atoms with Gasteiger partial charge in [0.15, 0.2) is 5.70 Å². The van der Waals surface area contributed by atoms with Gasteiger partial charge in [0.1, 0.15) is 36.9 Å². The monoisotopic (exact) mass is 466 g/mol. The fraction of sp³-hybridized carbons (Fsp3) is 0.182. The van der Waals surface area contributed by atoms with Crippen LogP contribution in [-0.4, -0.2) is 0 Å². The molecule has 34 heavy (non-hydrogen) atoms. The summed E-state index contributed by atoms with van der Waals surface area (Å²) in [5.74, 6) is -0.843. The number of hydrogen-bond acceptors (Lipinski definition) is 3. The summed E-state index contributed by atoms with van der Waals surface area (Å²) in [6.07, 6.45) is -12.5. The number of nitriles is 3. The molecule has 2 aliphatic carbocycles. The van der Waals surface area contributed by atoms with Gasteiger partial charge in [-0.1, -0.05) is 0 Å². The Hall–Kier alpha value is -5.04. The number of benzene rings is 1. The SMILES string of the molecule is [C-]#[N+]C([N+]#[C-])=C1Cc2c(C(F)(F)F)c3c(c(C(F)(F)F)c2=C1[N+]#[C-])CC(=C(C#N)C#N)C=3C#N. The van der Waals surface area contributed by atoms with E-state index in [1.54, 1.807) is 0 Å². The third-order valence-electron chi connectivity index (χ3n) is 5.29. The lowest BCUT2D eigenvalue weighted by Crippen LogP contribution is -2.35. The van der Waals surface area contributed by atoms with E-state index in [4.69, 9.17) is 30.2 Å². The van der Waals surface area contributed by atoms with Crippen LogP contribution in [0.4, 0.5) is 26.3 Å². The van der Waals surface area contributed by atoms with E-state index in [1.807, 2.05) is 0 Å². The van der Waals surface area contributed by atoms with Crippen LogP contribution in [0.2, 0.25) is 0 Å². The zero-order chi connectivity index (χ0) is 25.6. The molecule has 0 unspecified atom stereocenters. The Labute approximate surface area is 186 Å². The van der Waals surface area contributed by atoms with E-state index in [-0.39, 0.29) is 0 Å². The Morgan fingerprint density at radius 3 is 1.65 bits per heavy atom. The van der Waals surface area contributed by atoms with Crippen LogP contribution >= 0.6 is 0 Å². The number of halogens is 6. The minimum Gasteiger partial charge on any atom is -0.238 e. The fourth-order valence-corrected chi connectivity index (χ4v) is 4.16. The second-order valence-corrected chi connectivity index (χ2v) is 6.86.